The predicted octanol–water partition coefficient (Wildman–Crippen LogP) is 5.39. The van der Waals surface area contributed by atoms with Gasteiger partial charge in [-0.3, -0.25) is 9.59 Å². The Bertz CT molecular complexity index is 1300. The molecule has 180 valence electrons. The second-order valence-electron chi connectivity index (χ2n) is 8.87. The van der Waals surface area contributed by atoms with Crippen LogP contribution < -0.4 is 10.6 Å². The number of carbonyl (C=O) groups excluding carboxylic acids is 1. The Morgan fingerprint density at radius 2 is 1.74 bits per heavy atom. The summed E-state index contributed by atoms with van der Waals surface area (Å²) in [7, 11) is 4.09. The van der Waals surface area contributed by atoms with Crippen LogP contribution in [0, 0.1) is 0 Å². The van der Waals surface area contributed by atoms with Gasteiger partial charge in [-0.15, -0.1) is 0 Å². The van der Waals surface area contributed by atoms with Gasteiger partial charge in [0.05, 0.1) is 17.0 Å². The summed E-state index contributed by atoms with van der Waals surface area (Å²) in [5, 5.41) is 16.1. The monoisotopic (exact) mass is 489 g/mol. The number of nitrogens with one attached hydrogen (secondary N) is 2. The summed E-state index contributed by atoms with van der Waals surface area (Å²) >= 11 is 6.16. The number of fused-ring (bicyclic) bond motifs is 1. The van der Waals surface area contributed by atoms with Crippen molar-refractivity contribution in [1.82, 2.24) is 4.90 Å². The van der Waals surface area contributed by atoms with E-state index in [0.29, 0.717) is 28.4 Å². The van der Waals surface area contributed by atoms with E-state index in [2.05, 4.69) is 27.7 Å². The number of halogens is 1. The summed E-state index contributed by atoms with van der Waals surface area (Å²) in [6.45, 7) is 0.930. The minimum absolute atomic E-state index is 0.0402. The van der Waals surface area contributed by atoms with Crippen LogP contribution in [0.25, 0.3) is 11.3 Å². The quantitative estimate of drug-likeness (QED) is 0.351. The number of amides is 1. The maximum Gasteiger partial charge on any atom is 0.303 e. The number of anilines is 2. The highest BCUT2D eigenvalue weighted by molar-refractivity contribution is 6.38. The van der Waals surface area contributed by atoms with Crippen LogP contribution in [-0.2, 0) is 22.4 Å². The number of carbonyl (C=O) groups is 2. The van der Waals surface area contributed by atoms with Crippen molar-refractivity contribution in [3.63, 3.8) is 0 Å². The Labute approximate surface area is 210 Å². The molecule has 6 nitrogen and oxygen atoms in total. The minimum atomic E-state index is -0.845. The molecule has 0 saturated carbocycles. The Kier molecular flexibility index (Phi) is 7.54. The molecule has 0 unspecified atom stereocenters. The molecule has 1 aliphatic heterocycles. The van der Waals surface area contributed by atoms with E-state index in [4.69, 9.17) is 16.7 Å². The molecule has 0 bridgehead atoms. The molecule has 1 aliphatic rings. The van der Waals surface area contributed by atoms with Gasteiger partial charge >= 0.3 is 5.97 Å². The molecule has 3 aromatic carbocycles. The lowest BCUT2D eigenvalue weighted by Crippen LogP contribution is -2.15. The van der Waals surface area contributed by atoms with Crippen LogP contribution in [0.5, 0.6) is 0 Å². The van der Waals surface area contributed by atoms with Gasteiger partial charge in [0, 0.05) is 29.2 Å². The van der Waals surface area contributed by atoms with E-state index in [1.807, 2.05) is 56.6 Å². The Hall–Kier alpha value is -3.61. The summed E-state index contributed by atoms with van der Waals surface area (Å²) in [5.41, 5.74) is 6.36. The SMILES string of the molecule is CN(C)CCc1cccc(N/C(=C2\C(=O)Nc3cc(Cl)ccc32)c2cccc(CCC(=O)O)c2)c1. The third kappa shape index (κ3) is 6.10. The average molecular weight is 490 g/mol. The third-order valence-electron chi connectivity index (χ3n) is 5.86. The molecule has 0 aliphatic carbocycles. The lowest BCUT2D eigenvalue weighted by Gasteiger charge is -2.17. The number of benzene rings is 3. The normalized spacial score (nSPS) is 14.0. The molecule has 0 saturated heterocycles. The molecule has 35 heavy (non-hydrogen) atoms. The van der Waals surface area contributed by atoms with Crippen molar-refractivity contribution in [2.75, 3.05) is 31.3 Å². The fourth-order valence-electron chi connectivity index (χ4n) is 4.11. The molecule has 1 heterocycles. The van der Waals surface area contributed by atoms with Crippen LogP contribution in [0.4, 0.5) is 11.4 Å². The van der Waals surface area contributed by atoms with Crippen molar-refractivity contribution in [2.24, 2.45) is 0 Å². The van der Waals surface area contributed by atoms with E-state index in [-0.39, 0.29) is 12.3 Å². The van der Waals surface area contributed by atoms with E-state index in [1.165, 1.54) is 5.56 Å². The lowest BCUT2D eigenvalue weighted by atomic mass is 9.97. The minimum Gasteiger partial charge on any atom is -0.481 e. The van der Waals surface area contributed by atoms with Crippen molar-refractivity contribution >= 4 is 46.1 Å². The fourth-order valence-corrected chi connectivity index (χ4v) is 4.28. The summed E-state index contributed by atoms with van der Waals surface area (Å²) < 4.78 is 0. The molecule has 3 aromatic rings. The zero-order valence-corrected chi connectivity index (χ0v) is 20.5. The fraction of sp³-hybridized carbons (Fsp3) is 0.214. The first kappa shape index (κ1) is 24.5. The standard InChI is InChI=1S/C28H28ClN3O3/c1-32(2)14-13-19-6-4-8-22(16-19)30-27(20-7-3-5-18(15-20)9-12-25(33)34)26-23-11-10-21(29)17-24(23)31-28(26)35/h3-8,10-11,15-17,30H,9,12-14H2,1-2H3,(H,31,35)(H,33,34)/b27-26-. The van der Waals surface area contributed by atoms with Gasteiger partial charge in [-0.2, -0.15) is 0 Å². The highest BCUT2D eigenvalue weighted by Gasteiger charge is 2.28. The molecule has 0 atom stereocenters. The summed E-state index contributed by atoms with van der Waals surface area (Å²) in [6.07, 6.45) is 1.35. The number of aliphatic carboxylic acids is 1. The van der Waals surface area contributed by atoms with E-state index in [9.17, 15) is 9.59 Å². The van der Waals surface area contributed by atoms with Gasteiger partial charge in [-0.1, -0.05) is 48.0 Å². The number of aryl methyl sites for hydroxylation is 1. The summed E-state index contributed by atoms with van der Waals surface area (Å²) in [4.78, 5) is 26.4. The lowest BCUT2D eigenvalue weighted by molar-refractivity contribution is -0.137. The first-order valence-corrected chi connectivity index (χ1v) is 11.9. The van der Waals surface area contributed by atoms with Crippen LogP contribution in [0.3, 0.4) is 0 Å². The van der Waals surface area contributed by atoms with Gasteiger partial charge < -0.3 is 20.6 Å². The van der Waals surface area contributed by atoms with Crippen molar-refractivity contribution in [2.45, 2.75) is 19.3 Å². The Morgan fingerprint density at radius 1 is 1.00 bits per heavy atom. The predicted molar refractivity (Wildman–Crippen MR) is 142 cm³/mol. The van der Waals surface area contributed by atoms with Crippen LogP contribution in [0.2, 0.25) is 5.02 Å². The zero-order valence-electron chi connectivity index (χ0n) is 19.8. The molecule has 7 heteroatoms. The topological polar surface area (TPSA) is 81.7 Å². The number of carboxylic acids is 1. The summed E-state index contributed by atoms with van der Waals surface area (Å²) in [6, 6.07) is 21.2. The average Bonchev–Trinajstić information content (AvgIpc) is 3.14. The molecule has 0 radical (unpaired) electrons. The molecule has 4 rings (SSSR count). The third-order valence-corrected chi connectivity index (χ3v) is 6.10. The molecule has 0 fully saturated rings. The van der Waals surface area contributed by atoms with Gasteiger partial charge in [0.15, 0.2) is 0 Å². The van der Waals surface area contributed by atoms with E-state index < -0.39 is 5.97 Å². The van der Waals surface area contributed by atoms with E-state index >= 15 is 0 Å². The van der Waals surface area contributed by atoms with E-state index in [1.54, 1.807) is 12.1 Å². The molecule has 0 spiro atoms. The van der Waals surface area contributed by atoms with E-state index in [0.717, 1.165) is 35.3 Å². The Morgan fingerprint density at radius 3 is 2.49 bits per heavy atom. The first-order chi connectivity index (χ1) is 16.8. The van der Waals surface area contributed by atoms with Crippen LogP contribution in [0.1, 0.15) is 28.7 Å². The zero-order chi connectivity index (χ0) is 24.9. The highest BCUT2D eigenvalue weighted by Crippen LogP contribution is 2.39. The number of hydrogen-bond acceptors (Lipinski definition) is 4. The molecular formula is C28H28ClN3O3. The van der Waals surface area contributed by atoms with Gasteiger partial charge in [0.2, 0.25) is 0 Å². The molecule has 1 amide bonds. The van der Waals surface area contributed by atoms with Crippen molar-refractivity contribution in [3.8, 4) is 0 Å². The largest absolute Gasteiger partial charge is 0.481 e. The number of carboxylic acid groups (broad SMARTS) is 1. The summed E-state index contributed by atoms with van der Waals surface area (Å²) in [5.74, 6) is -1.06. The molecule has 3 N–H and O–H groups in total. The van der Waals surface area contributed by atoms with Crippen molar-refractivity contribution in [1.29, 1.82) is 0 Å². The van der Waals surface area contributed by atoms with Gasteiger partial charge in [0.25, 0.3) is 5.91 Å². The maximum absolute atomic E-state index is 13.2. The second kappa shape index (κ2) is 10.8. The second-order valence-corrected chi connectivity index (χ2v) is 9.30. The smallest absolute Gasteiger partial charge is 0.303 e. The van der Waals surface area contributed by atoms with Gasteiger partial charge in [-0.25, -0.2) is 0 Å². The molecular weight excluding hydrogens is 462 g/mol. The van der Waals surface area contributed by atoms with Crippen LogP contribution in [0.15, 0.2) is 66.7 Å². The molecule has 0 aromatic heterocycles. The first-order valence-electron chi connectivity index (χ1n) is 11.5. The number of likely N-dealkylation sites (N-methyl/N-ethyl adjacent to an activating group) is 1. The van der Waals surface area contributed by atoms with Gasteiger partial charge in [-0.05, 0) is 74.0 Å². The van der Waals surface area contributed by atoms with Crippen LogP contribution >= 0.6 is 11.6 Å². The van der Waals surface area contributed by atoms with Crippen molar-refractivity contribution in [3.05, 3.63) is 94.0 Å². The number of rotatable bonds is 9. The number of hydrogen-bond donors (Lipinski definition) is 3. The van der Waals surface area contributed by atoms with Crippen LogP contribution in [-0.4, -0.2) is 42.5 Å². The van der Waals surface area contributed by atoms with Crippen molar-refractivity contribution < 1.29 is 14.7 Å². The maximum atomic E-state index is 13.2. The van der Waals surface area contributed by atoms with Gasteiger partial charge in [0.1, 0.15) is 0 Å². The Balaban J connectivity index is 1.79. The highest BCUT2D eigenvalue weighted by atomic mass is 35.5. The number of nitrogens with zero attached hydrogens (tertiary/aromatic N) is 1.